The Morgan fingerprint density at radius 3 is 2.44 bits per heavy atom. The number of aromatic nitrogens is 5. The van der Waals surface area contributed by atoms with E-state index in [0.717, 1.165) is 12.8 Å². The second kappa shape index (κ2) is 7.88. The van der Waals surface area contributed by atoms with E-state index in [1.54, 1.807) is 35.3 Å². The van der Waals surface area contributed by atoms with E-state index in [4.69, 9.17) is 6.57 Å². The van der Waals surface area contributed by atoms with Gasteiger partial charge in [0.15, 0.2) is 0 Å². The molecule has 3 heterocycles. The number of anilines is 1. The molecular weight excluding hydrogens is 404 g/mol. The summed E-state index contributed by atoms with van der Waals surface area (Å²) in [6, 6.07) is 5.42. The molecule has 0 amide bonds. The third-order valence-electron chi connectivity index (χ3n) is 5.80. The van der Waals surface area contributed by atoms with E-state index < -0.39 is 0 Å². The van der Waals surface area contributed by atoms with Crippen molar-refractivity contribution in [1.29, 1.82) is 0 Å². The summed E-state index contributed by atoms with van der Waals surface area (Å²) >= 11 is 0. The molecule has 0 saturated carbocycles. The van der Waals surface area contributed by atoms with Gasteiger partial charge in [-0.2, -0.15) is 5.10 Å². The van der Waals surface area contributed by atoms with Gasteiger partial charge >= 0.3 is 0 Å². The van der Waals surface area contributed by atoms with Crippen molar-refractivity contribution in [1.82, 2.24) is 30.3 Å². The largest absolute Gasteiger partial charge is 0.507 e. The molecule has 0 bridgehead atoms. The van der Waals surface area contributed by atoms with E-state index in [-0.39, 0.29) is 22.9 Å². The zero-order valence-electron chi connectivity index (χ0n) is 19.0. The van der Waals surface area contributed by atoms with Crippen LogP contribution >= 0.6 is 0 Å². The highest BCUT2D eigenvalue weighted by molar-refractivity contribution is 5.68. The van der Waals surface area contributed by atoms with Crippen molar-refractivity contribution in [3.63, 3.8) is 0 Å². The molecule has 0 aliphatic carbocycles. The average molecular weight is 433 g/mol. The molecule has 0 spiro atoms. The fourth-order valence-corrected chi connectivity index (χ4v) is 4.65. The Hall–Kier alpha value is -3.51. The predicted molar refractivity (Wildman–Crippen MR) is 123 cm³/mol. The maximum atomic E-state index is 10.6. The Kier molecular flexibility index (Phi) is 5.34. The van der Waals surface area contributed by atoms with Crippen LogP contribution in [0, 0.1) is 6.57 Å². The quantitative estimate of drug-likeness (QED) is 0.607. The van der Waals surface area contributed by atoms with Gasteiger partial charge in [-0.05, 0) is 52.7 Å². The number of hydrogen-bond donors (Lipinski definition) is 2. The molecule has 1 saturated heterocycles. The third kappa shape index (κ3) is 4.41. The Labute approximate surface area is 187 Å². The zero-order chi connectivity index (χ0) is 23.1. The molecule has 3 aromatic rings. The Morgan fingerprint density at radius 2 is 1.88 bits per heavy atom. The van der Waals surface area contributed by atoms with Gasteiger partial charge in [-0.15, -0.1) is 10.2 Å². The highest BCUT2D eigenvalue weighted by Gasteiger charge is 2.39. The third-order valence-corrected chi connectivity index (χ3v) is 5.80. The molecule has 1 aliphatic rings. The van der Waals surface area contributed by atoms with Gasteiger partial charge in [0.05, 0.1) is 24.7 Å². The normalized spacial score (nSPS) is 17.6. The van der Waals surface area contributed by atoms with Gasteiger partial charge < -0.3 is 15.3 Å². The standard InChI is InChI=1S/C23H28N8O/c1-22(2)10-17(11-23(3,4)29-22)30(6)21-25-13-19(27-28-21)18-8-7-16(9-20(18)32)31-14-15(24-5)12-26-31/h7-9,12-14,17,29,32H,10-11H2,1-4,6H3. The summed E-state index contributed by atoms with van der Waals surface area (Å²) < 4.78 is 1.54. The minimum Gasteiger partial charge on any atom is -0.507 e. The number of piperidine rings is 1. The summed E-state index contributed by atoms with van der Waals surface area (Å²) in [6.07, 6.45) is 6.67. The summed E-state index contributed by atoms with van der Waals surface area (Å²) in [5, 5.41) is 27.1. The molecule has 9 heteroatoms. The molecule has 0 radical (unpaired) electrons. The minimum atomic E-state index is 0.0195. The van der Waals surface area contributed by atoms with E-state index >= 15 is 0 Å². The zero-order valence-corrected chi connectivity index (χ0v) is 19.0. The summed E-state index contributed by atoms with van der Waals surface area (Å²) in [4.78, 5) is 9.97. The van der Waals surface area contributed by atoms with Crippen molar-refractivity contribution in [2.45, 2.75) is 57.7 Å². The fraction of sp³-hybridized carbons (Fsp3) is 0.435. The van der Waals surface area contributed by atoms with Crippen LogP contribution in [-0.2, 0) is 0 Å². The molecule has 9 nitrogen and oxygen atoms in total. The number of phenols is 1. The minimum absolute atomic E-state index is 0.0195. The summed E-state index contributed by atoms with van der Waals surface area (Å²) in [6.45, 7) is 15.9. The molecule has 166 valence electrons. The second-order valence-corrected chi connectivity index (χ2v) is 9.67. The SMILES string of the molecule is [C-]#[N+]c1cnn(-c2ccc(-c3cnc(N(C)C4CC(C)(C)NC(C)(C)C4)nn3)c(O)c2)c1. The lowest BCUT2D eigenvalue weighted by molar-refractivity contribution is 0.160. The summed E-state index contributed by atoms with van der Waals surface area (Å²) in [5.41, 5.74) is 2.14. The fourth-order valence-electron chi connectivity index (χ4n) is 4.65. The van der Waals surface area contributed by atoms with Crippen LogP contribution < -0.4 is 10.2 Å². The number of phenolic OH excluding ortho intramolecular Hbond substituents is 1. The molecule has 32 heavy (non-hydrogen) atoms. The molecule has 0 atom stereocenters. The molecule has 2 aromatic heterocycles. The van der Waals surface area contributed by atoms with E-state index in [1.165, 1.54) is 6.20 Å². The summed E-state index contributed by atoms with van der Waals surface area (Å²) in [5.74, 6) is 0.605. The van der Waals surface area contributed by atoms with Crippen molar-refractivity contribution in [3.8, 4) is 22.7 Å². The number of rotatable bonds is 4. The van der Waals surface area contributed by atoms with Crippen LogP contribution in [-0.4, -0.2) is 54.2 Å². The van der Waals surface area contributed by atoms with Gasteiger partial charge in [0.25, 0.3) is 0 Å². The first-order valence-electron chi connectivity index (χ1n) is 10.5. The molecule has 2 N–H and O–H groups in total. The van der Waals surface area contributed by atoms with Crippen LogP contribution in [0.4, 0.5) is 11.6 Å². The maximum Gasteiger partial charge on any atom is 0.245 e. The topological polar surface area (TPSA) is 96.4 Å². The maximum absolute atomic E-state index is 10.6. The van der Waals surface area contributed by atoms with Crippen LogP contribution in [0.3, 0.4) is 0 Å². The van der Waals surface area contributed by atoms with Gasteiger partial charge in [-0.1, -0.05) is 0 Å². The molecular formula is C23H28N8O. The number of nitrogens with one attached hydrogen (secondary N) is 1. The highest BCUT2D eigenvalue weighted by Crippen LogP contribution is 2.33. The van der Waals surface area contributed by atoms with Crippen LogP contribution in [0.2, 0.25) is 0 Å². The first kappa shape index (κ1) is 21.7. The van der Waals surface area contributed by atoms with Crippen molar-refractivity contribution < 1.29 is 5.11 Å². The Bertz CT molecular complexity index is 1140. The number of aromatic hydroxyl groups is 1. The van der Waals surface area contributed by atoms with E-state index in [1.807, 2.05) is 7.05 Å². The van der Waals surface area contributed by atoms with Crippen LogP contribution in [0.5, 0.6) is 5.75 Å². The van der Waals surface area contributed by atoms with Gasteiger partial charge in [-0.3, -0.25) is 4.68 Å². The molecule has 4 rings (SSSR count). The molecule has 0 unspecified atom stereocenters. The molecule has 1 aromatic carbocycles. The average Bonchev–Trinajstić information content (AvgIpc) is 3.20. The predicted octanol–water partition coefficient (Wildman–Crippen LogP) is 3.73. The lowest BCUT2D eigenvalue weighted by Gasteiger charge is -2.48. The van der Waals surface area contributed by atoms with E-state index in [9.17, 15) is 5.11 Å². The lowest BCUT2D eigenvalue weighted by atomic mass is 9.79. The lowest BCUT2D eigenvalue weighted by Crippen LogP contribution is -2.62. The number of nitrogens with zero attached hydrogens (tertiary/aromatic N) is 7. The summed E-state index contributed by atoms with van der Waals surface area (Å²) in [7, 11) is 2.01. The molecule has 1 fully saturated rings. The first-order chi connectivity index (χ1) is 15.1. The van der Waals surface area contributed by atoms with E-state index in [0.29, 0.717) is 28.6 Å². The first-order valence-corrected chi connectivity index (χ1v) is 10.5. The second-order valence-electron chi connectivity index (χ2n) is 9.67. The number of hydrogen-bond acceptors (Lipinski definition) is 7. The van der Waals surface area contributed by atoms with Gasteiger partial charge in [0, 0.05) is 42.0 Å². The highest BCUT2D eigenvalue weighted by atomic mass is 16.3. The van der Waals surface area contributed by atoms with Gasteiger partial charge in [-0.25, -0.2) is 9.83 Å². The van der Waals surface area contributed by atoms with Gasteiger partial charge in [0.1, 0.15) is 11.4 Å². The van der Waals surface area contributed by atoms with Crippen LogP contribution in [0.25, 0.3) is 21.8 Å². The monoisotopic (exact) mass is 432 g/mol. The smallest absolute Gasteiger partial charge is 0.245 e. The van der Waals surface area contributed by atoms with Crippen LogP contribution in [0.15, 0.2) is 36.8 Å². The molecule has 1 aliphatic heterocycles. The van der Waals surface area contributed by atoms with Crippen molar-refractivity contribution in [2.75, 3.05) is 11.9 Å². The van der Waals surface area contributed by atoms with Crippen LogP contribution in [0.1, 0.15) is 40.5 Å². The van der Waals surface area contributed by atoms with Crippen molar-refractivity contribution in [2.24, 2.45) is 0 Å². The number of benzene rings is 1. The van der Waals surface area contributed by atoms with Gasteiger partial charge in [0.2, 0.25) is 11.6 Å². The Balaban J connectivity index is 1.54. The van der Waals surface area contributed by atoms with Crippen molar-refractivity contribution >= 4 is 11.6 Å². The Morgan fingerprint density at radius 1 is 1.16 bits per heavy atom. The van der Waals surface area contributed by atoms with Crippen molar-refractivity contribution in [3.05, 3.63) is 48.2 Å². The van der Waals surface area contributed by atoms with E-state index in [2.05, 4.69) is 63.0 Å².